The van der Waals surface area contributed by atoms with E-state index < -0.39 is 42.4 Å². The summed E-state index contributed by atoms with van der Waals surface area (Å²) in [4.78, 5) is 38.1. The van der Waals surface area contributed by atoms with Gasteiger partial charge in [-0.15, -0.1) is 11.3 Å². The molecule has 4 aliphatic rings. The third-order valence-corrected chi connectivity index (χ3v) is 10.0. The first-order valence-electron chi connectivity index (χ1n) is 15.0. The van der Waals surface area contributed by atoms with E-state index in [9.17, 15) is 14.0 Å². The molecular formula is C31H36F3N5O4S. The number of fused-ring (bicyclic) bond motifs is 1. The smallest absolute Gasteiger partial charge is 0.338 e. The zero-order valence-electron chi connectivity index (χ0n) is 24.9. The van der Waals surface area contributed by atoms with E-state index in [-0.39, 0.29) is 36.5 Å². The number of carbonyl (C=O) groups is 2. The molecule has 3 aliphatic heterocycles. The maximum atomic E-state index is 15.7. The number of halogens is 3. The number of hydrogen-bond donors (Lipinski definition) is 1. The molecule has 2 saturated heterocycles. The van der Waals surface area contributed by atoms with Gasteiger partial charge in [0.15, 0.2) is 10.8 Å². The zero-order chi connectivity index (χ0) is 31.2. The number of methoxy groups -OCH3 is 1. The number of aromatic nitrogens is 1. The number of nitrogens with zero attached hydrogens (tertiary/aromatic N) is 4. The molecule has 0 unspecified atom stereocenters. The number of hydrogen-bond acceptors (Lipinski definition) is 10. The minimum Gasteiger partial charge on any atom is -0.469 e. The van der Waals surface area contributed by atoms with Crippen LogP contribution in [-0.4, -0.2) is 90.5 Å². The van der Waals surface area contributed by atoms with E-state index in [1.165, 1.54) is 24.5 Å². The molecule has 3 fully saturated rings. The van der Waals surface area contributed by atoms with Crippen LogP contribution >= 0.6 is 11.3 Å². The SMILES string of the molecule is CCOC(=O)C1=C(CN2CC(F)(F)[C@H]3[C@@H]2CCN3CC[C@@H]2C[C@H]2C(=O)OC)NC(c2nccs2)=N[C@H]1c1cccc(F)c1C. The molecule has 0 amide bonds. The van der Waals surface area contributed by atoms with Crippen LogP contribution in [0.15, 0.2) is 46.0 Å². The molecule has 0 radical (unpaired) electrons. The van der Waals surface area contributed by atoms with Crippen LogP contribution in [0.4, 0.5) is 13.2 Å². The van der Waals surface area contributed by atoms with E-state index in [0.29, 0.717) is 53.6 Å². The van der Waals surface area contributed by atoms with Gasteiger partial charge < -0.3 is 14.8 Å². The molecule has 44 heavy (non-hydrogen) atoms. The van der Waals surface area contributed by atoms with Crippen molar-refractivity contribution >= 4 is 29.1 Å². The van der Waals surface area contributed by atoms with Crippen molar-refractivity contribution in [1.82, 2.24) is 20.1 Å². The lowest BCUT2D eigenvalue weighted by Gasteiger charge is -2.31. The van der Waals surface area contributed by atoms with Gasteiger partial charge in [0.25, 0.3) is 5.92 Å². The third kappa shape index (κ3) is 5.77. The summed E-state index contributed by atoms with van der Waals surface area (Å²) in [6.07, 6.45) is 3.58. The Morgan fingerprint density at radius 3 is 2.80 bits per heavy atom. The molecule has 1 saturated carbocycles. The number of thiazole rings is 1. The van der Waals surface area contributed by atoms with Crippen LogP contribution < -0.4 is 5.32 Å². The predicted octanol–water partition coefficient (Wildman–Crippen LogP) is 4.09. The second kappa shape index (κ2) is 12.2. The Balaban J connectivity index is 1.30. The fourth-order valence-electron chi connectivity index (χ4n) is 6.98. The third-order valence-electron chi connectivity index (χ3n) is 9.22. The fourth-order valence-corrected chi connectivity index (χ4v) is 7.57. The lowest BCUT2D eigenvalue weighted by molar-refractivity contribution is -0.142. The van der Waals surface area contributed by atoms with Gasteiger partial charge in [0, 0.05) is 36.4 Å². The van der Waals surface area contributed by atoms with Gasteiger partial charge in [-0.2, -0.15) is 0 Å². The Kier molecular flexibility index (Phi) is 8.55. The molecule has 5 atom stereocenters. The van der Waals surface area contributed by atoms with Crippen molar-refractivity contribution in [2.24, 2.45) is 16.8 Å². The number of esters is 2. The normalized spacial score (nSPS) is 28.0. The van der Waals surface area contributed by atoms with Crippen molar-refractivity contribution in [2.75, 3.05) is 39.9 Å². The number of carbonyl (C=O) groups excluding carboxylic acids is 2. The second-order valence-electron chi connectivity index (χ2n) is 11.8. The quantitative estimate of drug-likeness (QED) is 0.392. The molecular weight excluding hydrogens is 595 g/mol. The highest BCUT2D eigenvalue weighted by atomic mass is 32.1. The average molecular weight is 632 g/mol. The summed E-state index contributed by atoms with van der Waals surface area (Å²) in [5.41, 5.74) is 1.39. The number of amidine groups is 1. The van der Waals surface area contributed by atoms with Crippen molar-refractivity contribution in [2.45, 2.75) is 57.2 Å². The Morgan fingerprint density at radius 1 is 1.25 bits per heavy atom. The monoisotopic (exact) mass is 631 g/mol. The lowest BCUT2D eigenvalue weighted by Crippen LogP contribution is -2.45. The van der Waals surface area contributed by atoms with Crippen molar-refractivity contribution in [3.63, 3.8) is 0 Å². The van der Waals surface area contributed by atoms with Gasteiger partial charge >= 0.3 is 11.9 Å². The van der Waals surface area contributed by atoms with Crippen LogP contribution in [0.3, 0.4) is 0 Å². The number of ether oxygens (including phenoxy) is 2. The molecule has 236 valence electrons. The summed E-state index contributed by atoms with van der Waals surface area (Å²) in [5.74, 6) is -3.85. The van der Waals surface area contributed by atoms with E-state index >= 15 is 8.78 Å². The molecule has 2 aromatic rings. The minimum absolute atomic E-state index is 0.0288. The minimum atomic E-state index is -2.98. The fraction of sp³-hybridized carbons (Fsp3) is 0.548. The van der Waals surface area contributed by atoms with Crippen LogP contribution in [0.5, 0.6) is 0 Å². The van der Waals surface area contributed by atoms with Gasteiger partial charge in [0.05, 0.1) is 37.8 Å². The summed E-state index contributed by atoms with van der Waals surface area (Å²) in [6, 6.07) is 2.30. The van der Waals surface area contributed by atoms with Crippen molar-refractivity contribution < 1.29 is 32.2 Å². The van der Waals surface area contributed by atoms with Crippen LogP contribution in [0, 0.1) is 24.6 Å². The van der Waals surface area contributed by atoms with Crippen LogP contribution in [0.25, 0.3) is 0 Å². The molecule has 9 nitrogen and oxygen atoms in total. The number of aliphatic imine (C=N–C) groups is 1. The van der Waals surface area contributed by atoms with Gasteiger partial charge in [-0.3, -0.25) is 19.6 Å². The molecule has 13 heteroatoms. The summed E-state index contributed by atoms with van der Waals surface area (Å²) >= 11 is 1.34. The largest absolute Gasteiger partial charge is 0.469 e. The number of rotatable bonds is 10. The van der Waals surface area contributed by atoms with E-state index in [1.807, 2.05) is 4.90 Å². The van der Waals surface area contributed by atoms with Crippen LogP contribution in [-0.2, 0) is 19.1 Å². The first kappa shape index (κ1) is 30.7. The highest BCUT2D eigenvalue weighted by Gasteiger charge is 2.59. The van der Waals surface area contributed by atoms with Crippen molar-refractivity contribution in [1.29, 1.82) is 0 Å². The van der Waals surface area contributed by atoms with Crippen molar-refractivity contribution in [3.05, 3.63) is 63.0 Å². The maximum Gasteiger partial charge on any atom is 0.338 e. The van der Waals surface area contributed by atoms with Crippen molar-refractivity contribution in [3.8, 4) is 0 Å². The van der Waals surface area contributed by atoms with Crippen LogP contribution in [0.2, 0.25) is 0 Å². The number of alkyl halides is 2. The Bertz CT molecular complexity index is 1480. The number of nitrogens with one attached hydrogen (secondary N) is 1. The van der Waals surface area contributed by atoms with E-state index in [2.05, 4.69) is 10.3 Å². The first-order chi connectivity index (χ1) is 21.1. The molecule has 1 aliphatic carbocycles. The molecule has 0 spiro atoms. The molecule has 1 aromatic carbocycles. The molecule has 0 bridgehead atoms. The zero-order valence-corrected chi connectivity index (χ0v) is 25.7. The first-order valence-corrected chi connectivity index (χ1v) is 15.8. The number of benzene rings is 1. The standard InChI is InChI=1S/C31H36F3N5O4S/c1-4-43-30(41)24-22(36-27(28-35-10-13-44-28)37-25(24)19-6-5-7-21(32)17(19)2)15-39-16-31(33,34)26-23(39)9-12-38(26)11-8-18-14-20(18)29(40)42-3/h5-7,10,13,18,20,23,25-26H,4,8-9,11-12,14-16H2,1-3H3,(H,36,37)/t18-,20-,23+,25+,26-/m1/s1. The van der Waals surface area contributed by atoms with Gasteiger partial charge in [-0.1, -0.05) is 12.1 Å². The summed E-state index contributed by atoms with van der Waals surface area (Å²) in [7, 11) is 1.37. The van der Waals surface area contributed by atoms with Crippen LogP contribution in [0.1, 0.15) is 48.4 Å². The lowest BCUT2D eigenvalue weighted by atomic mass is 9.92. The van der Waals surface area contributed by atoms with Gasteiger partial charge in [-0.05, 0) is 62.8 Å². The maximum absolute atomic E-state index is 15.7. The van der Waals surface area contributed by atoms with E-state index in [4.69, 9.17) is 14.5 Å². The molecule has 1 aromatic heterocycles. The average Bonchev–Trinajstić information content (AvgIpc) is 3.30. The van der Waals surface area contributed by atoms with Gasteiger partial charge in [0.2, 0.25) is 0 Å². The number of likely N-dealkylation sites (tertiary alicyclic amines) is 2. The summed E-state index contributed by atoms with van der Waals surface area (Å²) in [5, 5.41) is 5.59. The molecule has 4 heterocycles. The Morgan fingerprint density at radius 2 is 2.07 bits per heavy atom. The second-order valence-corrected chi connectivity index (χ2v) is 12.7. The van der Waals surface area contributed by atoms with Gasteiger partial charge in [-0.25, -0.2) is 22.9 Å². The summed E-state index contributed by atoms with van der Waals surface area (Å²) in [6.45, 7) is 3.98. The Hall–Kier alpha value is -3.29. The topological polar surface area (TPSA) is 96.4 Å². The highest BCUT2D eigenvalue weighted by molar-refractivity contribution is 7.11. The highest BCUT2D eigenvalue weighted by Crippen LogP contribution is 2.46. The van der Waals surface area contributed by atoms with Gasteiger partial charge in [0.1, 0.15) is 11.9 Å². The summed E-state index contributed by atoms with van der Waals surface area (Å²) < 4.78 is 56.4. The molecule has 6 rings (SSSR count). The predicted molar refractivity (Wildman–Crippen MR) is 158 cm³/mol. The van der Waals surface area contributed by atoms with E-state index in [1.54, 1.807) is 42.5 Å². The van der Waals surface area contributed by atoms with E-state index in [0.717, 1.165) is 6.42 Å². The molecule has 1 N–H and O–H groups in total. The Labute approximate surface area is 258 Å².